The molecule has 1 heterocycles. The molecule has 0 saturated heterocycles. The zero-order valence-electron chi connectivity index (χ0n) is 16.3. The van der Waals surface area contributed by atoms with Gasteiger partial charge >= 0.3 is 0 Å². The number of nitrogens with one attached hydrogen (secondary N) is 2. The molecular weight excluding hydrogens is 429 g/mol. The SMILES string of the molecule is Cc1c(Cl)cccc1NC(=O)CSc1nnc(CNC(=O)c2ccccc2F)n1C. The Balaban J connectivity index is 1.55. The highest BCUT2D eigenvalue weighted by Crippen LogP contribution is 2.23. The molecule has 2 aromatic carbocycles. The van der Waals surface area contributed by atoms with Crippen LogP contribution in [-0.4, -0.2) is 32.3 Å². The van der Waals surface area contributed by atoms with Crippen LogP contribution in [0.3, 0.4) is 0 Å². The third-order valence-corrected chi connectivity index (χ3v) is 5.75. The fraction of sp³-hybridized carbons (Fsp3) is 0.200. The summed E-state index contributed by atoms with van der Waals surface area (Å²) in [5, 5.41) is 14.6. The van der Waals surface area contributed by atoms with Crippen molar-refractivity contribution >= 4 is 40.9 Å². The maximum atomic E-state index is 13.7. The van der Waals surface area contributed by atoms with Gasteiger partial charge in [0.1, 0.15) is 5.82 Å². The predicted molar refractivity (Wildman–Crippen MR) is 114 cm³/mol. The molecule has 2 N–H and O–H groups in total. The van der Waals surface area contributed by atoms with E-state index in [2.05, 4.69) is 20.8 Å². The number of hydrogen-bond donors (Lipinski definition) is 2. The van der Waals surface area contributed by atoms with E-state index in [0.717, 1.165) is 5.56 Å². The van der Waals surface area contributed by atoms with Gasteiger partial charge in [-0.15, -0.1) is 10.2 Å². The normalized spacial score (nSPS) is 10.7. The van der Waals surface area contributed by atoms with Gasteiger partial charge in [-0.1, -0.05) is 41.6 Å². The number of anilines is 1. The molecule has 0 bridgehead atoms. The first kappa shape index (κ1) is 21.8. The van der Waals surface area contributed by atoms with Crippen LogP contribution in [0.5, 0.6) is 0 Å². The van der Waals surface area contributed by atoms with Crippen molar-refractivity contribution in [3.63, 3.8) is 0 Å². The van der Waals surface area contributed by atoms with E-state index in [1.807, 2.05) is 6.92 Å². The summed E-state index contributed by atoms with van der Waals surface area (Å²) in [6, 6.07) is 11.0. The number of carbonyl (C=O) groups excluding carboxylic acids is 2. The van der Waals surface area contributed by atoms with Crippen molar-refractivity contribution in [1.82, 2.24) is 20.1 Å². The van der Waals surface area contributed by atoms with Crippen molar-refractivity contribution in [2.24, 2.45) is 7.05 Å². The number of halogens is 2. The first-order chi connectivity index (χ1) is 14.4. The van der Waals surface area contributed by atoms with E-state index in [1.165, 1.54) is 30.0 Å². The zero-order valence-corrected chi connectivity index (χ0v) is 17.9. The molecule has 1 aromatic heterocycles. The van der Waals surface area contributed by atoms with Crippen LogP contribution in [0.2, 0.25) is 5.02 Å². The molecule has 0 fully saturated rings. The van der Waals surface area contributed by atoms with Gasteiger partial charge in [0.25, 0.3) is 5.91 Å². The molecule has 0 aliphatic carbocycles. The average molecular weight is 448 g/mol. The third-order valence-electron chi connectivity index (χ3n) is 4.32. The highest BCUT2D eigenvalue weighted by atomic mass is 35.5. The Morgan fingerprint density at radius 2 is 1.93 bits per heavy atom. The monoisotopic (exact) mass is 447 g/mol. The molecule has 3 rings (SSSR count). The van der Waals surface area contributed by atoms with Crippen LogP contribution in [0.15, 0.2) is 47.6 Å². The minimum Gasteiger partial charge on any atom is -0.345 e. The first-order valence-electron chi connectivity index (χ1n) is 8.95. The van der Waals surface area contributed by atoms with Crippen LogP contribution in [-0.2, 0) is 18.4 Å². The molecule has 0 aliphatic rings. The Kier molecular flexibility index (Phi) is 7.07. The molecule has 7 nitrogen and oxygen atoms in total. The Bertz CT molecular complexity index is 1090. The summed E-state index contributed by atoms with van der Waals surface area (Å²) in [5.74, 6) is -0.734. The number of carbonyl (C=O) groups is 2. The Morgan fingerprint density at radius 3 is 2.70 bits per heavy atom. The Hall–Kier alpha value is -2.91. The van der Waals surface area contributed by atoms with E-state index in [4.69, 9.17) is 11.6 Å². The van der Waals surface area contributed by atoms with Crippen LogP contribution in [0.25, 0.3) is 0 Å². The summed E-state index contributed by atoms with van der Waals surface area (Å²) in [6.07, 6.45) is 0. The molecule has 0 unspecified atom stereocenters. The van der Waals surface area contributed by atoms with Crippen LogP contribution in [0, 0.1) is 12.7 Å². The molecule has 156 valence electrons. The minimum absolute atomic E-state index is 0.0396. The van der Waals surface area contributed by atoms with Gasteiger partial charge in [0.15, 0.2) is 11.0 Å². The van der Waals surface area contributed by atoms with Gasteiger partial charge in [-0.3, -0.25) is 9.59 Å². The molecule has 0 radical (unpaired) electrons. The molecule has 30 heavy (non-hydrogen) atoms. The van der Waals surface area contributed by atoms with Crippen LogP contribution < -0.4 is 10.6 Å². The van der Waals surface area contributed by atoms with Crippen molar-refractivity contribution in [3.05, 3.63) is 70.3 Å². The summed E-state index contributed by atoms with van der Waals surface area (Å²) in [6.45, 7) is 1.90. The van der Waals surface area contributed by atoms with Crippen LogP contribution >= 0.6 is 23.4 Å². The van der Waals surface area contributed by atoms with Gasteiger partial charge in [-0.05, 0) is 36.8 Å². The zero-order chi connectivity index (χ0) is 21.7. The maximum Gasteiger partial charge on any atom is 0.254 e. The molecule has 3 aromatic rings. The molecular formula is C20H19ClFN5O2S. The fourth-order valence-electron chi connectivity index (χ4n) is 2.58. The van der Waals surface area contributed by atoms with Crippen molar-refractivity contribution in [2.45, 2.75) is 18.6 Å². The first-order valence-corrected chi connectivity index (χ1v) is 10.3. The van der Waals surface area contributed by atoms with Crippen LogP contribution in [0.1, 0.15) is 21.7 Å². The number of nitrogens with zero attached hydrogens (tertiary/aromatic N) is 3. The van der Waals surface area contributed by atoms with E-state index >= 15 is 0 Å². The van der Waals surface area contributed by atoms with Crippen molar-refractivity contribution in [2.75, 3.05) is 11.1 Å². The largest absolute Gasteiger partial charge is 0.345 e. The smallest absolute Gasteiger partial charge is 0.254 e. The maximum absolute atomic E-state index is 13.7. The quantitative estimate of drug-likeness (QED) is 0.540. The number of aromatic nitrogens is 3. The minimum atomic E-state index is -0.592. The van der Waals surface area contributed by atoms with Gasteiger partial charge in [-0.25, -0.2) is 4.39 Å². The summed E-state index contributed by atoms with van der Waals surface area (Å²) in [5.41, 5.74) is 1.41. The number of rotatable bonds is 7. The fourth-order valence-corrected chi connectivity index (χ4v) is 3.49. The molecule has 0 spiro atoms. The number of hydrogen-bond acceptors (Lipinski definition) is 5. The van der Waals surface area contributed by atoms with E-state index < -0.39 is 11.7 Å². The molecule has 0 aliphatic heterocycles. The highest BCUT2D eigenvalue weighted by molar-refractivity contribution is 7.99. The lowest BCUT2D eigenvalue weighted by Crippen LogP contribution is -2.25. The van der Waals surface area contributed by atoms with Crippen molar-refractivity contribution in [1.29, 1.82) is 0 Å². The second-order valence-electron chi connectivity index (χ2n) is 6.37. The Morgan fingerprint density at radius 1 is 1.17 bits per heavy atom. The van der Waals surface area contributed by atoms with E-state index in [9.17, 15) is 14.0 Å². The molecule has 10 heteroatoms. The lowest BCUT2D eigenvalue weighted by molar-refractivity contribution is -0.113. The molecule has 2 amide bonds. The second kappa shape index (κ2) is 9.73. The van der Waals surface area contributed by atoms with E-state index in [0.29, 0.717) is 21.7 Å². The summed E-state index contributed by atoms with van der Waals surface area (Å²) >= 11 is 7.27. The topological polar surface area (TPSA) is 88.9 Å². The van der Waals surface area contributed by atoms with Crippen molar-refractivity contribution < 1.29 is 14.0 Å². The summed E-state index contributed by atoms with van der Waals surface area (Å²) in [4.78, 5) is 24.4. The van der Waals surface area contributed by atoms with Gasteiger partial charge in [0.05, 0.1) is 17.9 Å². The second-order valence-corrected chi connectivity index (χ2v) is 7.72. The van der Waals surface area contributed by atoms with Gasteiger partial charge < -0.3 is 15.2 Å². The standard InChI is InChI=1S/C20H19ClFN5O2S/c1-12-14(21)7-5-9-16(12)24-18(28)11-30-20-26-25-17(27(20)2)10-23-19(29)13-6-3-4-8-15(13)22/h3-9H,10-11H2,1-2H3,(H,23,29)(H,24,28). The predicted octanol–water partition coefficient (Wildman–Crippen LogP) is 3.58. The molecule has 0 atom stereocenters. The van der Waals surface area contributed by atoms with Crippen molar-refractivity contribution in [3.8, 4) is 0 Å². The highest BCUT2D eigenvalue weighted by Gasteiger charge is 2.15. The van der Waals surface area contributed by atoms with Gasteiger partial charge in [-0.2, -0.15) is 0 Å². The third kappa shape index (κ3) is 5.17. The number of amides is 2. The molecule has 0 saturated carbocycles. The average Bonchev–Trinajstić information content (AvgIpc) is 3.08. The summed E-state index contributed by atoms with van der Waals surface area (Å²) < 4.78 is 15.4. The summed E-state index contributed by atoms with van der Waals surface area (Å²) in [7, 11) is 1.73. The number of thioether (sulfide) groups is 1. The number of benzene rings is 2. The van der Waals surface area contributed by atoms with E-state index in [1.54, 1.807) is 35.9 Å². The van der Waals surface area contributed by atoms with Gasteiger partial charge in [0, 0.05) is 17.8 Å². The van der Waals surface area contributed by atoms with Crippen LogP contribution in [0.4, 0.5) is 10.1 Å². The lowest BCUT2D eigenvalue weighted by atomic mass is 10.2. The van der Waals surface area contributed by atoms with E-state index in [-0.39, 0.29) is 23.8 Å². The van der Waals surface area contributed by atoms with Gasteiger partial charge in [0.2, 0.25) is 5.91 Å². The Labute approximate surface area is 182 Å². The lowest BCUT2D eigenvalue weighted by Gasteiger charge is -2.09.